The Balaban J connectivity index is 1.83. The molecule has 0 spiro atoms. The molecule has 0 N–H and O–H groups in total. The Morgan fingerprint density at radius 2 is 1.93 bits per heavy atom. The lowest BCUT2D eigenvalue weighted by Crippen LogP contribution is -2.23. The van der Waals surface area contributed by atoms with Gasteiger partial charge in [0.15, 0.2) is 0 Å². The summed E-state index contributed by atoms with van der Waals surface area (Å²) in [5.41, 5.74) is 5.00. The molecule has 1 heterocycles. The van der Waals surface area contributed by atoms with Gasteiger partial charge in [-0.2, -0.15) is 9.36 Å². The van der Waals surface area contributed by atoms with Crippen molar-refractivity contribution in [2.75, 3.05) is 19.0 Å². The lowest BCUT2D eigenvalue weighted by Gasteiger charge is -2.13. The van der Waals surface area contributed by atoms with Crippen LogP contribution in [0.1, 0.15) is 23.6 Å². The minimum absolute atomic E-state index is 0.218. The van der Waals surface area contributed by atoms with Crippen LogP contribution in [0, 0.1) is 6.92 Å². The van der Waals surface area contributed by atoms with Crippen LogP contribution in [0.3, 0.4) is 0 Å². The van der Waals surface area contributed by atoms with Crippen LogP contribution in [-0.4, -0.2) is 39.6 Å². The molecule has 0 amide bonds. The number of nitrogens with zero attached hydrogens (tertiary/aromatic N) is 6. The first kappa shape index (κ1) is 19.3. The second-order valence-electron chi connectivity index (χ2n) is 6.76. The Labute approximate surface area is 163 Å². The van der Waals surface area contributed by atoms with Crippen molar-refractivity contribution in [1.82, 2.24) is 19.8 Å². The Kier molecular flexibility index (Phi) is 5.58. The molecule has 8 nitrogen and oxygen atoms in total. The molecule has 8 heteroatoms. The third-order valence-electron chi connectivity index (χ3n) is 4.53. The number of oxime groups is 1. The molecule has 2 aromatic carbocycles. The zero-order chi connectivity index (χ0) is 20.3. The summed E-state index contributed by atoms with van der Waals surface area (Å²) in [6, 6.07) is 13.7. The highest BCUT2D eigenvalue weighted by Gasteiger charge is 2.13. The number of hydrogen-bond donors (Lipinski definition) is 0. The predicted molar refractivity (Wildman–Crippen MR) is 109 cm³/mol. The van der Waals surface area contributed by atoms with E-state index >= 15 is 0 Å². The summed E-state index contributed by atoms with van der Waals surface area (Å²) in [5.74, 6) is 0. The van der Waals surface area contributed by atoms with Crippen molar-refractivity contribution >= 4 is 11.4 Å². The molecule has 0 saturated carbocycles. The standard InChI is InChI=1S/C20H24N6O2/c1-14-8-6-11-19(26-20(27)25(5)22-23-26)18(14)13-28-21-15(2)16-9-7-10-17(12-16)24(3)4/h6-12H,13H2,1-5H3/b21-15-. The molecule has 0 saturated heterocycles. The van der Waals surface area contributed by atoms with Crippen molar-refractivity contribution in [2.45, 2.75) is 20.5 Å². The van der Waals surface area contributed by atoms with Gasteiger partial charge in [0.2, 0.25) is 0 Å². The maximum absolute atomic E-state index is 12.2. The van der Waals surface area contributed by atoms with Gasteiger partial charge in [-0.15, -0.1) is 0 Å². The number of anilines is 1. The fraction of sp³-hybridized carbons (Fsp3) is 0.300. The summed E-state index contributed by atoms with van der Waals surface area (Å²) in [7, 11) is 5.56. The maximum Gasteiger partial charge on any atom is 0.368 e. The summed E-state index contributed by atoms with van der Waals surface area (Å²) in [6.45, 7) is 4.08. The number of tetrazole rings is 1. The van der Waals surface area contributed by atoms with Crippen molar-refractivity contribution in [3.8, 4) is 5.69 Å². The predicted octanol–water partition coefficient (Wildman–Crippen LogP) is 2.28. The van der Waals surface area contributed by atoms with E-state index in [-0.39, 0.29) is 12.3 Å². The van der Waals surface area contributed by atoms with Gasteiger partial charge in [-0.1, -0.05) is 29.4 Å². The molecule has 146 valence electrons. The molecule has 0 aliphatic carbocycles. The molecule has 28 heavy (non-hydrogen) atoms. The van der Waals surface area contributed by atoms with E-state index in [9.17, 15) is 4.79 Å². The van der Waals surface area contributed by atoms with Gasteiger partial charge in [0.05, 0.1) is 11.4 Å². The van der Waals surface area contributed by atoms with E-state index in [4.69, 9.17) is 4.84 Å². The van der Waals surface area contributed by atoms with Crippen LogP contribution in [0.15, 0.2) is 52.4 Å². The zero-order valence-corrected chi connectivity index (χ0v) is 16.7. The smallest absolute Gasteiger partial charge is 0.368 e. The van der Waals surface area contributed by atoms with Gasteiger partial charge < -0.3 is 9.74 Å². The Morgan fingerprint density at radius 3 is 2.61 bits per heavy atom. The number of hydrogen-bond acceptors (Lipinski definition) is 6. The quantitative estimate of drug-likeness (QED) is 0.484. The molecule has 3 aromatic rings. The Hall–Kier alpha value is -3.42. The van der Waals surface area contributed by atoms with Crippen LogP contribution in [0.25, 0.3) is 5.69 Å². The molecule has 0 aliphatic rings. The largest absolute Gasteiger partial charge is 0.391 e. The number of benzene rings is 2. The van der Waals surface area contributed by atoms with E-state index in [0.717, 1.165) is 28.1 Å². The molecule has 3 rings (SSSR count). The summed E-state index contributed by atoms with van der Waals surface area (Å²) >= 11 is 0. The molecule has 0 atom stereocenters. The molecule has 0 bridgehead atoms. The summed E-state index contributed by atoms with van der Waals surface area (Å²) in [6.07, 6.45) is 0. The highest BCUT2D eigenvalue weighted by Crippen LogP contribution is 2.19. The minimum atomic E-state index is -0.313. The summed E-state index contributed by atoms with van der Waals surface area (Å²) in [5, 5.41) is 12.0. The van der Waals surface area contributed by atoms with Gasteiger partial charge in [-0.3, -0.25) is 0 Å². The van der Waals surface area contributed by atoms with Crippen LogP contribution in [0.2, 0.25) is 0 Å². The first-order valence-corrected chi connectivity index (χ1v) is 8.90. The third-order valence-corrected chi connectivity index (χ3v) is 4.53. The third kappa shape index (κ3) is 3.95. The monoisotopic (exact) mass is 380 g/mol. The molecule has 0 unspecified atom stereocenters. The van der Waals surface area contributed by atoms with E-state index in [2.05, 4.69) is 21.6 Å². The second-order valence-corrected chi connectivity index (χ2v) is 6.76. The summed E-state index contributed by atoms with van der Waals surface area (Å²) in [4.78, 5) is 19.9. The Morgan fingerprint density at radius 1 is 1.18 bits per heavy atom. The van der Waals surface area contributed by atoms with Gasteiger partial charge in [0, 0.05) is 38.0 Å². The lowest BCUT2D eigenvalue weighted by atomic mass is 10.1. The molecular formula is C20H24N6O2. The van der Waals surface area contributed by atoms with Crippen molar-refractivity contribution in [2.24, 2.45) is 12.2 Å². The maximum atomic E-state index is 12.2. The zero-order valence-electron chi connectivity index (χ0n) is 16.7. The topological polar surface area (TPSA) is 77.5 Å². The van der Waals surface area contributed by atoms with Crippen LogP contribution in [0.4, 0.5) is 5.69 Å². The van der Waals surface area contributed by atoms with Crippen molar-refractivity contribution < 1.29 is 4.84 Å². The van der Waals surface area contributed by atoms with Crippen LogP contribution >= 0.6 is 0 Å². The lowest BCUT2D eigenvalue weighted by molar-refractivity contribution is 0.130. The first-order valence-electron chi connectivity index (χ1n) is 8.90. The van der Waals surface area contributed by atoms with Gasteiger partial charge in [-0.25, -0.2) is 4.79 Å². The fourth-order valence-electron chi connectivity index (χ4n) is 2.79. The van der Waals surface area contributed by atoms with E-state index in [0.29, 0.717) is 5.69 Å². The van der Waals surface area contributed by atoms with Crippen molar-refractivity contribution in [3.05, 3.63) is 69.6 Å². The average molecular weight is 380 g/mol. The molecule has 0 fully saturated rings. The van der Waals surface area contributed by atoms with Crippen LogP contribution in [0.5, 0.6) is 0 Å². The van der Waals surface area contributed by atoms with Crippen LogP contribution < -0.4 is 10.6 Å². The fourth-order valence-corrected chi connectivity index (χ4v) is 2.79. The number of aryl methyl sites for hydroxylation is 2. The average Bonchev–Trinajstić information content (AvgIpc) is 3.01. The Bertz CT molecular complexity index is 1060. The van der Waals surface area contributed by atoms with Gasteiger partial charge >= 0.3 is 5.69 Å². The second kappa shape index (κ2) is 8.08. The van der Waals surface area contributed by atoms with Crippen LogP contribution in [-0.2, 0) is 18.5 Å². The minimum Gasteiger partial charge on any atom is -0.391 e. The van der Waals surface area contributed by atoms with E-state index in [1.54, 1.807) is 7.05 Å². The molecule has 0 aliphatic heterocycles. The molecule has 1 aromatic heterocycles. The highest BCUT2D eigenvalue weighted by atomic mass is 16.6. The van der Waals surface area contributed by atoms with Gasteiger partial charge in [0.1, 0.15) is 6.61 Å². The first-order chi connectivity index (χ1) is 13.4. The van der Waals surface area contributed by atoms with E-state index in [1.807, 2.05) is 69.2 Å². The molecule has 0 radical (unpaired) electrons. The normalized spacial score (nSPS) is 11.5. The number of rotatable bonds is 6. The van der Waals surface area contributed by atoms with Crippen molar-refractivity contribution in [1.29, 1.82) is 0 Å². The molecular weight excluding hydrogens is 356 g/mol. The SMILES string of the molecule is C/C(=N/OCc1c(C)cccc1-n1nnn(C)c1=O)c1cccc(N(C)C)c1. The van der Waals surface area contributed by atoms with Crippen molar-refractivity contribution in [3.63, 3.8) is 0 Å². The van der Waals surface area contributed by atoms with E-state index in [1.165, 1.54) is 9.36 Å². The summed E-state index contributed by atoms with van der Waals surface area (Å²) < 4.78 is 2.45. The van der Waals surface area contributed by atoms with Gasteiger partial charge in [-0.05, 0) is 48.0 Å². The van der Waals surface area contributed by atoms with Gasteiger partial charge in [0.25, 0.3) is 0 Å². The highest BCUT2D eigenvalue weighted by molar-refractivity contribution is 5.99. The van der Waals surface area contributed by atoms with E-state index < -0.39 is 0 Å². The number of aromatic nitrogens is 4.